The number of hydrogen-bond acceptors (Lipinski definition) is 7. The van der Waals surface area contributed by atoms with Crippen molar-refractivity contribution in [2.75, 3.05) is 12.0 Å². The van der Waals surface area contributed by atoms with Crippen LogP contribution in [0, 0.1) is 5.82 Å². The fourth-order valence-electron chi connectivity index (χ4n) is 3.75. The summed E-state index contributed by atoms with van der Waals surface area (Å²) in [5.41, 5.74) is 1.09. The Labute approximate surface area is 191 Å². The number of carbonyl (C=O) groups is 2. The Bertz CT molecular complexity index is 1420. The van der Waals surface area contributed by atoms with Crippen LogP contribution in [-0.2, 0) is 9.59 Å². The topological polar surface area (TPSA) is 92.6 Å². The molecule has 1 saturated heterocycles. The van der Waals surface area contributed by atoms with Crippen molar-refractivity contribution in [3.8, 4) is 5.75 Å². The van der Waals surface area contributed by atoms with Crippen molar-refractivity contribution in [3.05, 3.63) is 89.5 Å². The lowest BCUT2D eigenvalue weighted by atomic mass is 9.96. The minimum atomic E-state index is -1.00. The van der Waals surface area contributed by atoms with Crippen molar-refractivity contribution >= 4 is 44.1 Å². The number of fused-ring (bicyclic) bond motifs is 1. The number of thiazole rings is 1. The van der Waals surface area contributed by atoms with E-state index in [1.54, 1.807) is 37.4 Å². The van der Waals surface area contributed by atoms with E-state index in [1.807, 2.05) is 0 Å². The van der Waals surface area contributed by atoms with Gasteiger partial charge in [0, 0.05) is 6.20 Å². The normalized spacial score (nSPS) is 17.6. The summed E-state index contributed by atoms with van der Waals surface area (Å²) in [6.07, 6.45) is 1.47. The molecule has 3 heterocycles. The maximum absolute atomic E-state index is 13.6. The van der Waals surface area contributed by atoms with Crippen LogP contribution in [0.15, 0.2) is 72.4 Å². The minimum absolute atomic E-state index is 0.137. The monoisotopic (exact) mass is 461 g/mol. The zero-order valence-corrected chi connectivity index (χ0v) is 18.0. The molecule has 1 amide bonds. The number of carbonyl (C=O) groups excluding carboxylic acids is 2. The second kappa shape index (κ2) is 8.10. The molecular weight excluding hydrogens is 445 g/mol. The van der Waals surface area contributed by atoms with Gasteiger partial charge in [0.05, 0.1) is 28.9 Å². The van der Waals surface area contributed by atoms with Gasteiger partial charge in [0.2, 0.25) is 0 Å². The van der Waals surface area contributed by atoms with Gasteiger partial charge in [-0.15, -0.1) is 0 Å². The summed E-state index contributed by atoms with van der Waals surface area (Å²) in [6.45, 7) is 0. The molecule has 1 fully saturated rings. The molecule has 7 nitrogen and oxygen atoms in total. The first-order chi connectivity index (χ1) is 16.0. The lowest BCUT2D eigenvalue weighted by Gasteiger charge is -2.22. The highest BCUT2D eigenvalue weighted by molar-refractivity contribution is 7.22. The molecule has 1 unspecified atom stereocenters. The fraction of sp³-hybridized carbons (Fsp3) is 0.0833. The highest BCUT2D eigenvalue weighted by Crippen LogP contribution is 2.44. The summed E-state index contributed by atoms with van der Waals surface area (Å²) in [5.74, 6) is -1.96. The molecule has 2 aromatic heterocycles. The van der Waals surface area contributed by atoms with Crippen LogP contribution in [0.3, 0.4) is 0 Å². The molecule has 0 spiro atoms. The maximum atomic E-state index is 13.6. The summed E-state index contributed by atoms with van der Waals surface area (Å²) in [4.78, 5) is 36.2. The van der Waals surface area contributed by atoms with E-state index in [4.69, 9.17) is 4.74 Å². The van der Waals surface area contributed by atoms with Gasteiger partial charge in [-0.2, -0.15) is 0 Å². The van der Waals surface area contributed by atoms with Crippen molar-refractivity contribution in [3.63, 3.8) is 0 Å². The molecule has 0 aliphatic carbocycles. The van der Waals surface area contributed by atoms with E-state index in [-0.39, 0.29) is 16.4 Å². The van der Waals surface area contributed by atoms with Gasteiger partial charge < -0.3 is 9.84 Å². The van der Waals surface area contributed by atoms with E-state index in [0.717, 1.165) is 4.70 Å². The second-order valence-corrected chi connectivity index (χ2v) is 8.27. The number of Topliss-reactive ketones (excluding diaryl/α,β-unsaturated/α-hetero) is 1. The first kappa shape index (κ1) is 20.8. The molecule has 4 aromatic rings. The van der Waals surface area contributed by atoms with E-state index in [2.05, 4.69) is 9.97 Å². The third-order valence-electron chi connectivity index (χ3n) is 5.33. The molecule has 1 atom stereocenters. The highest BCUT2D eigenvalue weighted by atomic mass is 32.1. The molecule has 0 saturated carbocycles. The fourth-order valence-corrected chi connectivity index (χ4v) is 4.77. The summed E-state index contributed by atoms with van der Waals surface area (Å²) in [7, 11) is 1.55. The van der Waals surface area contributed by atoms with Crippen molar-refractivity contribution in [2.45, 2.75) is 6.04 Å². The SMILES string of the molecule is COc1ccc2nc(N3C(=O)C(=O)/C(=C(/O)c4ccccn4)C3c3ccc(F)cc3)sc2c1. The van der Waals surface area contributed by atoms with E-state index >= 15 is 0 Å². The molecule has 9 heteroatoms. The lowest BCUT2D eigenvalue weighted by Crippen LogP contribution is -2.29. The number of hydrogen-bond donors (Lipinski definition) is 1. The summed E-state index contributed by atoms with van der Waals surface area (Å²) >= 11 is 1.21. The number of ether oxygens (including phenoxy) is 1. The molecule has 2 aromatic carbocycles. The largest absolute Gasteiger partial charge is 0.505 e. The number of benzene rings is 2. The van der Waals surface area contributed by atoms with Crippen LogP contribution in [0.4, 0.5) is 9.52 Å². The number of nitrogens with zero attached hydrogens (tertiary/aromatic N) is 3. The smallest absolute Gasteiger partial charge is 0.301 e. The van der Waals surface area contributed by atoms with Crippen LogP contribution in [0.1, 0.15) is 17.3 Å². The summed E-state index contributed by atoms with van der Waals surface area (Å²) < 4.78 is 19.7. The Balaban J connectivity index is 1.72. The zero-order chi connectivity index (χ0) is 23.1. The Morgan fingerprint density at radius 2 is 1.91 bits per heavy atom. The molecule has 1 aliphatic rings. The van der Waals surface area contributed by atoms with E-state index in [9.17, 15) is 19.1 Å². The quantitative estimate of drug-likeness (QED) is 0.274. The van der Waals surface area contributed by atoms with Gasteiger partial charge in [-0.3, -0.25) is 19.5 Å². The minimum Gasteiger partial charge on any atom is -0.505 e. The van der Waals surface area contributed by atoms with Gasteiger partial charge in [0.25, 0.3) is 5.78 Å². The molecular formula is C24H16FN3O4S. The van der Waals surface area contributed by atoms with Crippen LogP contribution in [0.25, 0.3) is 16.0 Å². The third kappa shape index (κ3) is 3.52. The van der Waals surface area contributed by atoms with Crippen LogP contribution < -0.4 is 9.64 Å². The van der Waals surface area contributed by atoms with E-state index in [0.29, 0.717) is 16.8 Å². The van der Waals surface area contributed by atoms with Gasteiger partial charge in [0.15, 0.2) is 10.9 Å². The van der Waals surface area contributed by atoms with Crippen LogP contribution in [0.2, 0.25) is 0 Å². The highest BCUT2D eigenvalue weighted by Gasteiger charge is 2.48. The van der Waals surface area contributed by atoms with E-state index < -0.39 is 29.3 Å². The van der Waals surface area contributed by atoms with Crippen molar-refractivity contribution in [1.29, 1.82) is 0 Å². The number of pyridine rings is 1. The number of rotatable bonds is 4. The maximum Gasteiger partial charge on any atom is 0.301 e. The Morgan fingerprint density at radius 1 is 1.12 bits per heavy atom. The van der Waals surface area contributed by atoms with Gasteiger partial charge in [-0.1, -0.05) is 29.5 Å². The van der Waals surface area contributed by atoms with Gasteiger partial charge >= 0.3 is 5.91 Å². The molecule has 164 valence electrons. The molecule has 0 bridgehead atoms. The number of anilines is 1. The van der Waals surface area contributed by atoms with E-state index in [1.165, 1.54) is 52.8 Å². The average Bonchev–Trinajstić information content (AvgIpc) is 3.37. The van der Waals surface area contributed by atoms with Crippen molar-refractivity contribution < 1.29 is 23.8 Å². The number of aromatic nitrogens is 2. The zero-order valence-electron chi connectivity index (χ0n) is 17.2. The Morgan fingerprint density at radius 3 is 2.61 bits per heavy atom. The van der Waals surface area contributed by atoms with Gasteiger partial charge in [0.1, 0.15) is 17.3 Å². The van der Waals surface area contributed by atoms with Gasteiger partial charge in [-0.05, 0) is 48.0 Å². The summed E-state index contributed by atoms with van der Waals surface area (Å²) in [5, 5.41) is 11.3. The molecule has 1 aliphatic heterocycles. The van der Waals surface area contributed by atoms with Crippen LogP contribution in [0.5, 0.6) is 5.75 Å². The predicted octanol–water partition coefficient (Wildman–Crippen LogP) is 4.47. The van der Waals surface area contributed by atoms with Crippen molar-refractivity contribution in [1.82, 2.24) is 9.97 Å². The van der Waals surface area contributed by atoms with Crippen molar-refractivity contribution in [2.24, 2.45) is 0 Å². The Kier molecular flexibility index (Phi) is 5.10. The third-order valence-corrected chi connectivity index (χ3v) is 6.35. The van der Waals surface area contributed by atoms with Gasteiger partial charge in [-0.25, -0.2) is 9.37 Å². The predicted molar refractivity (Wildman–Crippen MR) is 122 cm³/mol. The number of ketones is 1. The standard InChI is InChI=1S/C24H16FN3O4S/c1-32-15-9-10-16-18(12-15)33-24(27-16)28-20(13-5-7-14(25)8-6-13)19(22(30)23(28)31)21(29)17-4-2-3-11-26-17/h2-12,20,29H,1H3/b21-19+. The van der Waals surface area contributed by atoms with Crippen LogP contribution in [-0.4, -0.2) is 33.9 Å². The number of methoxy groups -OCH3 is 1. The number of halogens is 1. The number of aliphatic hydroxyl groups is 1. The molecule has 1 N–H and O–H groups in total. The molecule has 5 rings (SSSR count). The first-order valence-corrected chi connectivity index (χ1v) is 10.7. The first-order valence-electron chi connectivity index (χ1n) is 9.90. The van der Waals surface area contributed by atoms with Crippen LogP contribution >= 0.6 is 11.3 Å². The number of aliphatic hydroxyl groups excluding tert-OH is 1. The molecule has 0 radical (unpaired) electrons. The number of amides is 1. The molecule has 33 heavy (non-hydrogen) atoms. The lowest BCUT2D eigenvalue weighted by molar-refractivity contribution is -0.132. The second-order valence-electron chi connectivity index (χ2n) is 7.27. The average molecular weight is 461 g/mol. The Hall–Kier alpha value is -4.11. The summed E-state index contributed by atoms with van der Waals surface area (Å²) in [6, 6.07) is 14.6.